The first-order valence-electron chi connectivity index (χ1n) is 16.4. The van der Waals surface area contributed by atoms with E-state index in [1.54, 1.807) is 26.9 Å². The van der Waals surface area contributed by atoms with Crippen LogP contribution in [0.3, 0.4) is 0 Å². The third-order valence-electron chi connectivity index (χ3n) is 9.56. The van der Waals surface area contributed by atoms with E-state index in [1.165, 1.54) is 0 Å². The second kappa shape index (κ2) is 14.7. The number of hydrogen-bond donors (Lipinski definition) is 1. The summed E-state index contributed by atoms with van der Waals surface area (Å²) >= 11 is 0. The molecule has 242 valence electrons. The molecule has 44 heavy (non-hydrogen) atoms. The van der Waals surface area contributed by atoms with Crippen LogP contribution < -0.4 is 9.64 Å². The maximum Gasteiger partial charge on any atom is 0.248 e. The molecular weight excluding hydrogens is 558 g/mol. The van der Waals surface area contributed by atoms with Crippen molar-refractivity contribution in [2.24, 2.45) is 11.8 Å². The first-order chi connectivity index (χ1) is 21.2. The van der Waals surface area contributed by atoms with Gasteiger partial charge in [0, 0.05) is 38.5 Å². The van der Waals surface area contributed by atoms with E-state index in [1.807, 2.05) is 38.1 Å². The van der Waals surface area contributed by atoms with Crippen molar-refractivity contribution in [2.45, 2.75) is 89.4 Å². The number of fused-ring (bicyclic) bond motifs is 1. The van der Waals surface area contributed by atoms with Crippen LogP contribution in [0.15, 0.2) is 49.6 Å². The number of aliphatic hydroxyl groups is 1. The summed E-state index contributed by atoms with van der Waals surface area (Å²) in [7, 11) is 0. The van der Waals surface area contributed by atoms with Gasteiger partial charge < -0.3 is 29.3 Å². The van der Waals surface area contributed by atoms with Gasteiger partial charge in [-0.2, -0.15) is 0 Å². The molecular formula is C35H51N3O6. The summed E-state index contributed by atoms with van der Waals surface area (Å²) in [6.45, 7) is 16.0. The maximum atomic E-state index is 14.6. The van der Waals surface area contributed by atoms with E-state index in [0.29, 0.717) is 63.4 Å². The number of carbonyl (C=O) groups is 3. The molecule has 0 radical (unpaired) electrons. The normalized spacial score (nSPS) is 26.9. The number of amides is 3. The molecule has 3 aliphatic rings. The third kappa shape index (κ3) is 6.31. The number of unbranched alkanes of at least 4 members (excludes halogenated alkanes) is 4. The second-order valence-electron chi connectivity index (χ2n) is 12.5. The van der Waals surface area contributed by atoms with Gasteiger partial charge in [-0.15, -0.1) is 13.2 Å². The summed E-state index contributed by atoms with van der Waals surface area (Å²) in [6.07, 6.45) is 9.43. The number of carbonyl (C=O) groups excluding carboxylic acids is 3. The number of ether oxygens (including phenoxy) is 2. The number of nitrogens with zero attached hydrogens (tertiary/aromatic N) is 3. The molecule has 9 heteroatoms. The lowest BCUT2D eigenvalue weighted by molar-refractivity contribution is -0.151. The molecule has 1 aromatic carbocycles. The monoisotopic (exact) mass is 609 g/mol. The largest absolute Gasteiger partial charge is 0.494 e. The average Bonchev–Trinajstić information content (AvgIpc) is 3.58. The minimum absolute atomic E-state index is 0.0795. The molecule has 0 saturated carbocycles. The van der Waals surface area contributed by atoms with Gasteiger partial charge in [0.05, 0.1) is 24.0 Å². The van der Waals surface area contributed by atoms with Crippen LogP contribution >= 0.6 is 0 Å². The highest BCUT2D eigenvalue weighted by molar-refractivity contribution is 6.03. The van der Waals surface area contributed by atoms with Gasteiger partial charge in [-0.1, -0.05) is 31.9 Å². The van der Waals surface area contributed by atoms with Crippen LogP contribution in [0.4, 0.5) is 5.69 Å². The molecule has 4 rings (SSSR count). The van der Waals surface area contributed by atoms with Crippen molar-refractivity contribution < 1.29 is 29.0 Å². The minimum atomic E-state index is -1.08. The quantitative estimate of drug-likeness (QED) is 0.191. The number of hydrogen-bond acceptors (Lipinski definition) is 6. The lowest BCUT2D eigenvalue weighted by atomic mass is 9.66. The van der Waals surface area contributed by atoms with E-state index in [2.05, 4.69) is 20.1 Å². The van der Waals surface area contributed by atoms with Crippen LogP contribution in [-0.2, 0) is 19.1 Å². The van der Waals surface area contributed by atoms with Crippen molar-refractivity contribution in [3.05, 3.63) is 49.6 Å². The molecule has 3 fully saturated rings. The van der Waals surface area contributed by atoms with E-state index in [4.69, 9.17) is 9.47 Å². The highest BCUT2D eigenvalue weighted by atomic mass is 16.5. The zero-order chi connectivity index (χ0) is 31.9. The number of rotatable bonds is 18. The Morgan fingerprint density at radius 1 is 1.05 bits per heavy atom. The fourth-order valence-corrected chi connectivity index (χ4v) is 7.57. The summed E-state index contributed by atoms with van der Waals surface area (Å²) in [6, 6.07) is 6.54. The third-order valence-corrected chi connectivity index (χ3v) is 9.56. The molecule has 1 spiro atoms. The standard InChI is InChI=1S/C35H51N3O6/c1-6-10-12-23-36(21-7-2)33(42)30-35-20-19-34(5,44-35)28(29(35)32(41)38(30)24-13-11-14-25-39)31(40)37(22-8-3)26-15-17-27(18-16-26)43-9-4/h7-8,15-18,28-30,39H,2-3,6,9-14,19-25H2,1,4-5H3/t28-,29-,30?,34+,35?/m0/s1. The molecule has 2 bridgehead atoms. The van der Waals surface area contributed by atoms with Crippen molar-refractivity contribution in [2.75, 3.05) is 44.3 Å². The van der Waals surface area contributed by atoms with Crippen LogP contribution in [0.2, 0.25) is 0 Å². The Bertz CT molecular complexity index is 1190. The Labute approximate surface area is 262 Å². The van der Waals surface area contributed by atoms with Crippen LogP contribution in [0.25, 0.3) is 0 Å². The van der Waals surface area contributed by atoms with E-state index in [0.717, 1.165) is 25.7 Å². The smallest absolute Gasteiger partial charge is 0.248 e. The molecule has 0 aromatic heterocycles. The van der Waals surface area contributed by atoms with Gasteiger partial charge in [-0.05, 0) is 76.6 Å². The van der Waals surface area contributed by atoms with E-state index in [9.17, 15) is 19.5 Å². The van der Waals surface area contributed by atoms with E-state index in [-0.39, 0.29) is 30.9 Å². The first kappa shape index (κ1) is 33.7. The molecule has 5 atom stereocenters. The van der Waals surface area contributed by atoms with Gasteiger partial charge in [-0.25, -0.2) is 0 Å². The molecule has 3 amide bonds. The zero-order valence-corrected chi connectivity index (χ0v) is 26.8. The Morgan fingerprint density at radius 3 is 2.41 bits per heavy atom. The minimum Gasteiger partial charge on any atom is -0.494 e. The summed E-state index contributed by atoms with van der Waals surface area (Å²) in [4.78, 5) is 48.7. The summed E-state index contributed by atoms with van der Waals surface area (Å²) in [5, 5.41) is 9.33. The lowest BCUT2D eigenvalue weighted by Crippen LogP contribution is -2.56. The molecule has 3 saturated heterocycles. The van der Waals surface area contributed by atoms with Crippen LogP contribution in [0.5, 0.6) is 5.75 Å². The predicted octanol–water partition coefficient (Wildman–Crippen LogP) is 4.74. The van der Waals surface area contributed by atoms with Gasteiger partial charge in [0.2, 0.25) is 17.7 Å². The highest BCUT2D eigenvalue weighted by Crippen LogP contribution is 2.63. The fraction of sp³-hybridized carbons (Fsp3) is 0.629. The summed E-state index contributed by atoms with van der Waals surface area (Å²) in [5.41, 5.74) is -1.27. The van der Waals surface area contributed by atoms with Crippen LogP contribution in [0, 0.1) is 11.8 Å². The van der Waals surface area contributed by atoms with E-state index >= 15 is 0 Å². The van der Waals surface area contributed by atoms with Crippen molar-refractivity contribution in [1.29, 1.82) is 0 Å². The molecule has 3 aliphatic heterocycles. The first-order valence-corrected chi connectivity index (χ1v) is 16.4. The van der Waals surface area contributed by atoms with Crippen LogP contribution in [-0.4, -0.2) is 89.3 Å². The van der Waals surface area contributed by atoms with Gasteiger partial charge in [0.15, 0.2) is 0 Å². The van der Waals surface area contributed by atoms with Crippen LogP contribution in [0.1, 0.15) is 72.1 Å². The molecule has 2 unspecified atom stereocenters. The SMILES string of the molecule is C=CCN(CCCCC)C(=O)C1N(CCCCCO)C(=O)[C@@H]2[C@@H](C(=O)N(CC=C)c3ccc(OCC)cc3)[C@@]3(C)CCC12O3. The topological polar surface area (TPSA) is 99.6 Å². The molecule has 3 heterocycles. The average molecular weight is 610 g/mol. The summed E-state index contributed by atoms with van der Waals surface area (Å²) < 4.78 is 12.5. The Morgan fingerprint density at radius 2 is 1.77 bits per heavy atom. The number of likely N-dealkylation sites (tertiary alicyclic amines) is 1. The van der Waals surface area contributed by atoms with Crippen molar-refractivity contribution in [1.82, 2.24) is 9.80 Å². The van der Waals surface area contributed by atoms with Crippen molar-refractivity contribution >= 4 is 23.4 Å². The fourth-order valence-electron chi connectivity index (χ4n) is 7.57. The number of aliphatic hydroxyl groups excluding tert-OH is 1. The maximum absolute atomic E-state index is 14.6. The van der Waals surface area contributed by atoms with Crippen molar-refractivity contribution in [3.8, 4) is 5.75 Å². The molecule has 1 N–H and O–H groups in total. The number of benzene rings is 1. The lowest BCUT2D eigenvalue weighted by Gasteiger charge is -2.37. The van der Waals surface area contributed by atoms with Gasteiger partial charge in [-0.3, -0.25) is 14.4 Å². The Hall–Kier alpha value is -3.17. The molecule has 1 aromatic rings. The number of anilines is 1. The Kier molecular flexibility index (Phi) is 11.3. The second-order valence-corrected chi connectivity index (χ2v) is 12.5. The highest BCUT2D eigenvalue weighted by Gasteiger charge is 2.78. The zero-order valence-electron chi connectivity index (χ0n) is 26.8. The predicted molar refractivity (Wildman–Crippen MR) is 171 cm³/mol. The Balaban J connectivity index is 1.72. The van der Waals surface area contributed by atoms with Gasteiger partial charge in [0.25, 0.3) is 0 Å². The molecule has 9 nitrogen and oxygen atoms in total. The van der Waals surface area contributed by atoms with Gasteiger partial charge >= 0.3 is 0 Å². The van der Waals surface area contributed by atoms with Crippen molar-refractivity contribution in [3.63, 3.8) is 0 Å². The summed E-state index contributed by atoms with van der Waals surface area (Å²) in [5.74, 6) is -1.32. The van der Waals surface area contributed by atoms with Gasteiger partial charge in [0.1, 0.15) is 17.4 Å². The molecule has 0 aliphatic carbocycles. The van der Waals surface area contributed by atoms with E-state index < -0.39 is 29.1 Å².